The molecule has 1 aliphatic heterocycles. The fourth-order valence-corrected chi connectivity index (χ4v) is 2.14. The third kappa shape index (κ3) is 3.87. The van der Waals surface area contributed by atoms with Gasteiger partial charge in [-0.3, -0.25) is 4.79 Å². The van der Waals surface area contributed by atoms with Gasteiger partial charge in [0, 0.05) is 13.3 Å². The molecule has 122 valence electrons. The van der Waals surface area contributed by atoms with Crippen LogP contribution >= 0.6 is 0 Å². The molecule has 1 saturated heterocycles. The number of hydrogen-bond donors (Lipinski definition) is 7. The Morgan fingerprint density at radius 1 is 1.43 bits per heavy atom. The molecule has 4 unspecified atom stereocenters. The third-order valence-electron chi connectivity index (χ3n) is 3.21. The Balaban J connectivity index is 3.07. The summed E-state index contributed by atoms with van der Waals surface area (Å²) in [6.07, 6.45) is -7.48. The number of hydrogen-bond acceptors (Lipinski definition) is 8. The minimum Gasteiger partial charge on any atom is -0.477 e. The van der Waals surface area contributed by atoms with Crippen LogP contribution in [0.4, 0.5) is 0 Å². The fraction of sp³-hybridized carbons (Fsp3) is 0.818. The quantitative estimate of drug-likeness (QED) is 0.268. The molecule has 1 amide bonds. The smallest absolute Gasteiger partial charge is 0.364 e. The van der Waals surface area contributed by atoms with Crippen LogP contribution in [-0.2, 0) is 14.3 Å². The predicted molar refractivity (Wildman–Crippen MR) is 64.8 cm³/mol. The largest absolute Gasteiger partial charge is 0.477 e. The van der Waals surface area contributed by atoms with E-state index in [1.165, 1.54) is 0 Å². The van der Waals surface area contributed by atoms with Gasteiger partial charge in [-0.2, -0.15) is 0 Å². The average molecular weight is 309 g/mol. The van der Waals surface area contributed by atoms with Crippen molar-refractivity contribution < 1.29 is 45.0 Å². The summed E-state index contributed by atoms with van der Waals surface area (Å²) in [5.74, 6) is -5.17. The van der Waals surface area contributed by atoms with Gasteiger partial charge in [0.05, 0.1) is 18.8 Å². The highest BCUT2D eigenvalue weighted by atomic mass is 16.7. The van der Waals surface area contributed by atoms with Crippen LogP contribution in [0.5, 0.6) is 0 Å². The Labute approximate surface area is 119 Å². The summed E-state index contributed by atoms with van der Waals surface area (Å²) in [6, 6.07) is -1.27. The Morgan fingerprint density at radius 3 is 2.43 bits per heavy atom. The lowest BCUT2D eigenvalue weighted by atomic mass is 9.88. The van der Waals surface area contributed by atoms with Gasteiger partial charge in [0.25, 0.3) is 5.79 Å². The van der Waals surface area contributed by atoms with Crippen LogP contribution in [0.2, 0.25) is 0 Å². The van der Waals surface area contributed by atoms with Crippen LogP contribution in [0.1, 0.15) is 13.3 Å². The van der Waals surface area contributed by atoms with E-state index < -0.39 is 61.1 Å². The van der Waals surface area contributed by atoms with Gasteiger partial charge in [-0.25, -0.2) is 4.79 Å². The number of ether oxygens (including phenoxy) is 1. The first-order valence-corrected chi connectivity index (χ1v) is 6.18. The number of carbonyl (C=O) groups is 2. The van der Waals surface area contributed by atoms with E-state index in [0.29, 0.717) is 0 Å². The molecule has 0 saturated carbocycles. The van der Waals surface area contributed by atoms with Crippen molar-refractivity contribution in [2.45, 2.75) is 49.6 Å². The number of aliphatic carboxylic acids is 1. The van der Waals surface area contributed by atoms with Gasteiger partial charge in [-0.15, -0.1) is 0 Å². The highest BCUT2D eigenvalue weighted by Gasteiger charge is 2.53. The van der Waals surface area contributed by atoms with E-state index >= 15 is 0 Å². The van der Waals surface area contributed by atoms with E-state index in [-0.39, 0.29) is 0 Å². The van der Waals surface area contributed by atoms with E-state index in [0.717, 1.165) is 6.92 Å². The van der Waals surface area contributed by atoms with Crippen LogP contribution in [0.15, 0.2) is 0 Å². The Hall–Kier alpha value is -1.30. The number of carbonyl (C=O) groups excluding carboxylic acids is 1. The number of aliphatic hydroxyl groups excluding tert-OH is 4. The second-order valence-electron chi connectivity index (χ2n) is 4.91. The van der Waals surface area contributed by atoms with E-state index in [1.54, 1.807) is 0 Å². The standard InChI is InChI=1S/C11H19NO9/c1-4(14)12-7-5(15)2-11(20,10(18)19)21-9(7)8(17)6(16)3-13/h5-9,13,15-17,20H,2-3H2,1H3,(H,12,14)(H,18,19)/t5-,6?,7-,8?,9?,11?/m0/s1. The number of amides is 1. The van der Waals surface area contributed by atoms with Gasteiger partial charge in [0.2, 0.25) is 5.91 Å². The molecule has 10 nitrogen and oxygen atoms in total. The Morgan fingerprint density at radius 2 is 2.00 bits per heavy atom. The maximum atomic E-state index is 11.1. The van der Waals surface area contributed by atoms with Crippen molar-refractivity contribution in [3.05, 3.63) is 0 Å². The number of aliphatic hydroxyl groups is 5. The van der Waals surface area contributed by atoms with E-state index in [9.17, 15) is 30.0 Å². The highest BCUT2D eigenvalue weighted by molar-refractivity contribution is 5.76. The lowest BCUT2D eigenvalue weighted by Crippen LogP contribution is -2.67. The SMILES string of the molecule is CC(=O)N[C@@H]1C(C(O)C(O)CO)OC(O)(C(=O)O)C[C@@H]1O. The van der Waals surface area contributed by atoms with Crippen molar-refractivity contribution >= 4 is 11.9 Å². The molecular formula is C11H19NO9. The molecule has 0 aromatic heterocycles. The summed E-state index contributed by atoms with van der Waals surface area (Å²) in [7, 11) is 0. The molecule has 0 spiro atoms. The zero-order valence-corrected chi connectivity index (χ0v) is 11.2. The van der Waals surface area contributed by atoms with Crippen molar-refractivity contribution in [1.29, 1.82) is 0 Å². The normalized spacial score (nSPS) is 35.8. The first-order valence-electron chi connectivity index (χ1n) is 6.18. The van der Waals surface area contributed by atoms with Crippen LogP contribution in [0, 0.1) is 0 Å². The molecule has 1 aliphatic rings. The molecule has 21 heavy (non-hydrogen) atoms. The molecule has 0 aliphatic carbocycles. The number of rotatable bonds is 5. The van der Waals surface area contributed by atoms with E-state index in [4.69, 9.17) is 14.9 Å². The van der Waals surface area contributed by atoms with Crippen LogP contribution in [-0.4, -0.2) is 85.4 Å². The van der Waals surface area contributed by atoms with E-state index in [1.807, 2.05) is 0 Å². The maximum Gasteiger partial charge on any atom is 0.364 e. The van der Waals surface area contributed by atoms with Gasteiger partial charge in [0.15, 0.2) is 0 Å². The summed E-state index contributed by atoms with van der Waals surface area (Å²) in [5, 5.41) is 59.0. The minimum absolute atomic E-state index is 0.598. The molecule has 1 fully saturated rings. The highest BCUT2D eigenvalue weighted by Crippen LogP contribution is 2.30. The zero-order chi connectivity index (χ0) is 16.4. The van der Waals surface area contributed by atoms with Crippen molar-refractivity contribution in [1.82, 2.24) is 5.32 Å². The monoisotopic (exact) mass is 309 g/mol. The van der Waals surface area contributed by atoms with Crippen molar-refractivity contribution in [3.63, 3.8) is 0 Å². The molecule has 0 radical (unpaired) electrons. The number of carboxylic acids is 1. The van der Waals surface area contributed by atoms with Gasteiger partial charge < -0.3 is 40.7 Å². The second kappa shape index (κ2) is 6.64. The average Bonchev–Trinajstić information content (AvgIpc) is 2.39. The van der Waals surface area contributed by atoms with Crippen LogP contribution in [0.25, 0.3) is 0 Å². The molecule has 6 atom stereocenters. The third-order valence-corrected chi connectivity index (χ3v) is 3.21. The van der Waals surface area contributed by atoms with Crippen molar-refractivity contribution in [2.75, 3.05) is 6.61 Å². The second-order valence-corrected chi connectivity index (χ2v) is 4.91. The summed E-state index contributed by atoms with van der Waals surface area (Å²) >= 11 is 0. The predicted octanol–water partition coefficient (Wildman–Crippen LogP) is -3.87. The first-order chi connectivity index (χ1) is 9.62. The number of carboxylic acid groups (broad SMARTS) is 1. The first kappa shape index (κ1) is 17.8. The van der Waals surface area contributed by atoms with Crippen molar-refractivity contribution in [2.24, 2.45) is 0 Å². The molecule has 7 N–H and O–H groups in total. The van der Waals surface area contributed by atoms with Crippen LogP contribution < -0.4 is 5.32 Å². The minimum atomic E-state index is -2.78. The zero-order valence-electron chi connectivity index (χ0n) is 11.2. The number of nitrogens with one attached hydrogen (secondary N) is 1. The summed E-state index contributed by atoms with van der Waals surface area (Å²) < 4.78 is 4.86. The summed E-state index contributed by atoms with van der Waals surface area (Å²) in [5.41, 5.74) is 0. The lowest BCUT2D eigenvalue weighted by molar-refractivity contribution is -0.295. The molecule has 1 rings (SSSR count). The topological polar surface area (TPSA) is 177 Å². The molecule has 0 bridgehead atoms. The van der Waals surface area contributed by atoms with Gasteiger partial charge in [-0.05, 0) is 0 Å². The van der Waals surface area contributed by atoms with Crippen molar-refractivity contribution in [3.8, 4) is 0 Å². The Kier molecular flexibility index (Phi) is 5.61. The maximum absolute atomic E-state index is 11.1. The molecule has 1 heterocycles. The summed E-state index contributed by atoms with van der Waals surface area (Å²) in [4.78, 5) is 22.1. The van der Waals surface area contributed by atoms with Gasteiger partial charge in [-0.1, -0.05) is 0 Å². The van der Waals surface area contributed by atoms with Crippen LogP contribution in [0.3, 0.4) is 0 Å². The molecule has 0 aromatic rings. The molecular weight excluding hydrogens is 290 g/mol. The summed E-state index contributed by atoms with van der Waals surface area (Å²) in [6.45, 7) is 0.256. The van der Waals surface area contributed by atoms with Gasteiger partial charge in [0.1, 0.15) is 18.3 Å². The molecule has 10 heteroatoms. The van der Waals surface area contributed by atoms with E-state index in [2.05, 4.69) is 5.32 Å². The fourth-order valence-electron chi connectivity index (χ4n) is 2.14. The van der Waals surface area contributed by atoms with Gasteiger partial charge >= 0.3 is 5.97 Å². The Bertz CT molecular complexity index is 403. The lowest BCUT2D eigenvalue weighted by Gasteiger charge is -2.44. The molecule has 0 aromatic carbocycles.